The Labute approximate surface area is 249 Å². The van der Waals surface area contributed by atoms with E-state index in [4.69, 9.17) is 9.47 Å². The number of hydrogen-bond donors (Lipinski definition) is 0. The van der Waals surface area contributed by atoms with Gasteiger partial charge in [0.15, 0.2) is 0 Å². The minimum absolute atomic E-state index is 0.366. The van der Waals surface area contributed by atoms with Crippen LogP contribution in [0.5, 0.6) is 5.75 Å². The SMILES string of the molecule is CCCC(C)C1CCC(c2ccc(-c3ccc(C(=O)Oc4ccc(-c5ccc(C(=O)OC)cc5)cc4)cc3)cc2)CC1. The van der Waals surface area contributed by atoms with Crippen LogP contribution in [0, 0.1) is 11.8 Å². The Bertz CT molecular complexity index is 1460. The van der Waals surface area contributed by atoms with Crippen molar-refractivity contribution >= 4 is 11.9 Å². The van der Waals surface area contributed by atoms with Crippen molar-refractivity contribution in [3.8, 4) is 28.0 Å². The predicted octanol–water partition coefficient (Wildman–Crippen LogP) is 9.74. The van der Waals surface area contributed by atoms with Crippen LogP contribution in [0.1, 0.15) is 84.6 Å². The van der Waals surface area contributed by atoms with E-state index < -0.39 is 5.97 Å². The zero-order valence-electron chi connectivity index (χ0n) is 24.8. The third-order valence-electron chi connectivity index (χ3n) is 8.86. The molecule has 1 atom stereocenters. The largest absolute Gasteiger partial charge is 0.465 e. The molecule has 1 saturated carbocycles. The summed E-state index contributed by atoms with van der Waals surface area (Å²) in [5, 5.41) is 0. The van der Waals surface area contributed by atoms with Gasteiger partial charge in [-0.3, -0.25) is 0 Å². The lowest BCUT2D eigenvalue weighted by Gasteiger charge is -2.32. The molecule has 1 unspecified atom stereocenters. The van der Waals surface area contributed by atoms with Crippen molar-refractivity contribution in [1.29, 1.82) is 0 Å². The first-order valence-electron chi connectivity index (χ1n) is 15.2. The summed E-state index contributed by atoms with van der Waals surface area (Å²) in [6, 6.07) is 31.1. The van der Waals surface area contributed by atoms with E-state index in [0.29, 0.717) is 22.8 Å². The number of methoxy groups -OCH3 is 1. The normalized spacial score (nSPS) is 17.3. The van der Waals surface area contributed by atoms with E-state index >= 15 is 0 Å². The van der Waals surface area contributed by atoms with Crippen molar-refractivity contribution in [1.82, 2.24) is 0 Å². The number of ether oxygens (including phenoxy) is 2. The Morgan fingerprint density at radius 1 is 0.667 bits per heavy atom. The first kappa shape index (κ1) is 29.3. The van der Waals surface area contributed by atoms with E-state index in [2.05, 4.69) is 38.1 Å². The van der Waals surface area contributed by atoms with Crippen molar-refractivity contribution < 1.29 is 19.1 Å². The van der Waals surface area contributed by atoms with Gasteiger partial charge in [0, 0.05) is 0 Å². The number of carbonyl (C=O) groups is 2. The van der Waals surface area contributed by atoms with E-state index in [9.17, 15) is 9.59 Å². The molecule has 0 saturated heterocycles. The second kappa shape index (κ2) is 13.7. The molecular weight excluding hydrogens is 520 g/mol. The van der Waals surface area contributed by atoms with Crippen LogP contribution in [0.15, 0.2) is 97.1 Å². The van der Waals surface area contributed by atoms with Crippen molar-refractivity contribution in [2.75, 3.05) is 7.11 Å². The lowest BCUT2D eigenvalue weighted by Crippen LogP contribution is -2.19. The third-order valence-corrected chi connectivity index (χ3v) is 8.86. The lowest BCUT2D eigenvalue weighted by atomic mass is 9.73. The van der Waals surface area contributed by atoms with Crippen LogP contribution < -0.4 is 4.74 Å². The summed E-state index contributed by atoms with van der Waals surface area (Å²) in [4.78, 5) is 24.5. The highest BCUT2D eigenvalue weighted by atomic mass is 16.5. The van der Waals surface area contributed by atoms with Gasteiger partial charge in [0.2, 0.25) is 0 Å². The second-order valence-electron chi connectivity index (χ2n) is 11.6. The number of hydrogen-bond acceptors (Lipinski definition) is 4. The molecule has 216 valence electrons. The molecule has 4 nitrogen and oxygen atoms in total. The van der Waals surface area contributed by atoms with Crippen LogP contribution in [-0.2, 0) is 4.74 Å². The summed E-state index contributed by atoms with van der Waals surface area (Å²) in [6.07, 6.45) is 7.93. The summed E-state index contributed by atoms with van der Waals surface area (Å²) >= 11 is 0. The van der Waals surface area contributed by atoms with Crippen molar-refractivity contribution in [3.63, 3.8) is 0 Å². The molecule has 0 amide bonds. The monoisotopic (exact) mass is 560 g/mol. The molecule has 0 N–H and O–H groups in total. The Kier molecular flexibility index (Phi) is 9.53. The molecule has 4 aromatic rings. The Hall–Kier alpha value is -4.18. The topological polar surface area (TPSA) is 52.6 Å². The molecule has 1 aliphatic rings. The summed E-state index contributed by atoms with van der Waals surface area (Å²) < 4.78 is 10.4. The Morgan fingerprint density at radius 2 is 1.12 bits per heavy atom. The maximum atomic E-state index is 12.8. The van der Waals surface area contributed by atoms with Gasteiger partial charge in [-0.05, 0) is 108 Å². The zero-order chi connectivity index (χ0) is 29.5. The van der Waals surface area contributed by atoms with Crippen LogP contribution in [-0.4, -0.2) is 19.0 Å². The molecule has 0 heterocycles. The minimum atomic E-state index is -0.393. The fourth-order valence-corrected chi connectivity index (χ4v) is 6.26. The number of carbonyl (C=O) groups excluding carboxylic acids is 2. The Balaban J connectivity index is 1.16. The van der Waals surface area contributed by atoms with Crippen LogP contribution in [0.2, 0.25) is 0 Å². The van der Waals surface area contributed by atoms with E-state index in [1.165, 1.54) is 51.2 Å². The first-order valence-corrected chi connectivity index (χ1v) is 15.2. The fraction of sp³-hybridized carbons (Fsp3) is 0.316. The maximum absolute atomic E-state index is 12.8. The molecule has 0 spiro atoms. The van der Waals surface area contributed by atoms with Gasteiger partial charge in [0.1, 0.15) is 5.75 Å². The molecule has 0 bridgehead atoms. The van der Waals surface area contributed by atoms with E-state index in [1.807, 2.05) is 48.5 Å². The fourth-order valence-electron chi connectivity index (χ4n) is 6.26. The highest BCUT2D eigenvalue weighted by molar-refractivity contribution is 5.92. The van der Waals surface area contributed by atoms with Gasteiger partial charge < -0.3 is 9.47 Å². The van der Waals surface area contributed by atoms with Gasteiger partial charge >= 0.3 is 11.9 Å². The number of benzene rings is 4. The van der Waals surface area contributed by atoms with Crippen LogP contribution in [0.4, 0.5) is 0 Å². The quantitative estimate of drug-likeness (QED) is 0.151. The maximum Gasteiger partial charge on any atom is 0.343 e. The van der Waals surface area contributed by atoms with Crippen molar-refractivity contribution in [2.45, 2.75) is 58.3 Å². The van der Waals surface area contributed by atoms with Gasteiger partial charge in [0.25, 0.3) is 0 Å². The first-order chi connectivity index (χ1) is 20.4. The van der Waals surface area contributed by atoms with Gasteiger partial charge in [-0.2, -0.15) is 0 Å². The van der Waals surface area contributed by atoms with Crippen LogP contribution in [0.3, 0.4) is 0 Å². The van der Waals surface area contributed by atoms with E-state index in [1.54, 1.807) is 24.3 Å². The summed E-state index contributed by atoms with van der Waals surface area (Å²) in [5.41, 5.74) is 6.60. The van der Waals surface area contributed by atoms with Gasteiger partial charge in [-0.15, -0.1) is 0 Å². The highest BCUT2D eigenvalue weighted by Crippen LogP contribution is 2.40. The van der Waals surface area contributed by atoms with E-state index in [-0.39, 0.29) is 5.97 Å². The van der Waals surface area contributed by atoms with Gasteiger partial charge in [-0.25, -0.2) is 9.59 Å². The zero-order valence-corrected chi connectivity index (χ0v) is 24.8. The molecule has 5 rings (SSSR count). The number of esters is 2. The van der Waals surface area contributed by atoms with Crippen molar-refractivity contribution in [2.24, 2.45) is 11.8 Å². The summed E-state index contributed by atoms with van der Waals surface area (Å²) in [7, 11) is 1.36. The lowest BCUT2D eigenvalue weighted by molar-refractivity contribution is 0.0600. The molecule has 0 radical (unpaired) electrons. The molecule has 4 heteroatoms. The molecular formula is C38H40O4. The molecule has 1 aliphatic carbocycles. The summed E-state index contributed by atoms with van der Waals surface area (Å²) in [6.45, 7) is 4.73. The van der Waals surface area contributed by atoms with E-state index in [0.717, 1.165) is 34.1 Å². The van der Waals surface area contributed by atoms with Crippen LogP contribution >= 0.6 is 0 Å². The predicted molar refractivity (Wildman–Crippen MR) is 169 cm³/mol. The smallest absolute Gasteiger partial charge is 0.343 e. The average molecular weight is 561 g/mol. The molecule has 4 aromatic carbocycles. The molecule has 42 heavy (non-hydrogen) atoms. The standard InChI is InChI=1S/C38H40O4/c1-4-5-26(2)27-6-8-28(9-7-27)29-10-12-30(13-11-29)31-16-20-35(21-17-31)38(40)42-36-24-22-33(23-25-36)32-14-18-34(19-15-32)37(39)41-3/h10-28H,4-9H2,1-3H3. The average Bonchev–Trinajstić information content (AvgIpc) is 3.05. The third kappa shape index (κ3) is 6.99. The van der Waals surface area contributed by atoms with Crippen LogP contribution in [0.25, 0.3) is 22.3 Å². The Morgan fingerprint density at radius 3 is 1.60 bits per heavy atom. The molecule has 0 aromatic heterocycles. The van der Waals surface area contributed by atoms with Gasteiger partial charge in [-0.1, -0.05) is 87.4 Å². The number of rotatable bonds is 9. The highest BCUT2D eigenvalue weighted by Gasteiger charge is 2.25. The molecule has 1 fully saturated rings. The second-order valence-corrected chi connectivity index (χ2v) is 11.6. The molecule has 0 aliphatic heterocycles. The van der Waals surface area contributed by atoms with Crippen molar-refractivity contribution in [3.05, 3.63) is 114 Å². The minimum Gasteiger partial charge on any atom is -0.465 e. The summed E-state index contributed by atoms with van der Waals surface area (Å²) in [5.74, 6) is 2.13. The van der Waals surface area contributed by atoms with Gasteiger partial charge in [0.05, 0.1) is 18.2 Å².